The molecule has 0 aliphatic carbocycles. The number of rotatable bonds is 7. The Kier molecular flexibility index (Phi) is 5.21. The summed E-state index contributed by atoms with van der Waals surface area (Å²) in [6.45, 7) is 2.54. The standard InChI is InChI=1S/C20H21NO6/c1-4-9-26-13-8-7-12(11-15(13)25-3)17-16(19(23)20(24)21(17)2)18(22)14-6-5-10-27-14/h5-8,10-11,17,23H,4,9H2,1-3H3. The number of hydrogen-bond acceptors (Lipinski definition) is 6. The molecular formula is C20H21NO6. The summed E-state index contributed by atoms with van der Waals surface area (Å²) in [5, 5.41) is 10.3. The molecule has 0 saturated carbocycles. The second kappa shape index (κ2) is 7.57. The lowest BCUT2D eigenvalue weighted by molar-refractivity contribution is -0.128. The highest BCUT2D eigenvalue weighted by Gasteiger charge is 2.42. The van der Waals surface area contributed by atoms with Crippen LogP contribution in [0, 0.1) is 0 Å². The molecule has 0 fully saturated rings. The van der Waals surface area contributed by atoms with Gasteiger partial charge in [-0.05, 0) is 36.2 Å². The normalized spacial score (nSPS) is 16.8. The van der Waals surface area contributed by atoms with Crippen LogP contribution in [0.4, 0.5) is 0 Å². The maximum Gasteiger partial charge on any atom is 0.289 e. The summed E-state index contributed by atoms with van der Waals surface area (Å²) >= 11 is 0. The van der Waals surface area contributed by atoms with Crippen molar-refractivity contribution in [2.75, 3.05) is 20.8 Å². The third-order valence-corrected chi connectivity index (χ3v) is 4.39. The third kappa shape index (κ3) is 3.28. The fourth-order valence-corrected chi connectivity index (χ4v) is 3.07. The molecule has 1 aliphatic rings. The smallest absolute Gasteiger partial charge is 0.289 e. The number of hydrogen-bond donors (Lipinski definition) is 1. The molecule has 1 aliphatic heterocycles. The quantitative estimate of drug-likeness (QED) is 0.751. The molecule has 142 valence electrons. The summed E-state index contributed by atoms with van der Waals surface area (Å²) in [5.41, 5.74) is 0.590. The Morgan fingerprint density at radius 1 is 1.30 bits per heavy atom. The Balaban J connectivity index is 2.03. The maximum absolute atomic E-state index is 12.8. The summed E-state index contributed by atoms with van der Waals surface area (Å²) in [6.07, 6.45) is 2.21. The van der Waals surface area contributed by atoms with Crippen LogP contribution in [0.2, 0.25) is 0 Å². The minimum Gasteiger partial charge on any atom is -0.503 e. The third-order valence-electron chi connectivity index (χ3n) is 4.39. The van der Waals surface area contributed by atoms with Crippen molar-refractivity contribution in [3.05, 3.63) is 59.3 Å². The second-order valence-electron chi connectivity index (χ2n) is 6.15. The Bertz CT molecular complexity index is 884. The molecule has 7 heteroatoms. The molecule has 0 radical (unpaired) electrons. The van der Waals surface area contributed by atoms with Gasteiger partial charge in [0.05, 0.1) is 31.6 Å². The fourth-order valence-electron chi connectivity index (χ4n) is 3.07. The summed E-state index contributed by atoms with van der Waals surface area (Å²) in [5.74, 6) is -0.625. The van der Waals surface area contributed by atoms with Crippen LogP contribution in [0.5, 0.6) is 11.5 Å². The van der Waals surface area contributed by atoms with Crippen molar-refractivity contribution in [2.24, 2.45) is 0 Å². The van der Waals surface area contributed by atoms with Gasteiger partial charge in [-0.1, -0.05) is 13.0 Å². The van der Waals surface area contributed by atoms with Gasteiger partial charge in [-0.2, -0.15) is 0 Å². The van der Waals surface area contributed by atoms with Gasteiger partial charge in [0.2, 0.25) is 5.78 Å². The summed E-state index contributed by atoms with van der Waals surface area (Å²) in [4.78, 5) is 26.4. The van der Waals surface area contributed by atoms with Gasteiger partial charge in [-0.15, -0.1) is 0 Å². The van der Waals surface area contributed by atoms with E-state index in [9.17, 15) is 14.7 Å². The Hall–Kier alpha value is -3.22. The number of Topliss-reactive ketones (excluding diaryl/α,β-unsaturated/α-hetero) is 1. The number of aliphatic hydroxyl groups is 1. The van der Waals surface area contributed by atoms with Crippen molar-refractivity contribution in [1.82, 2.24) is 4.90 Å². The number of carbonyl (C=O) groups is 2. The average Bonchev–Trinajstić information content (AvgIpc) is 3.29. The second-order valence-corrected chi connectivity index (χ2v) is 6.15. The number of benzene rings is 1. The van der Waals surface area contributed by atoms with E-state index >= 15 is 0 Å². The van der Waals surface area contributed by atoms with E-state index in [-0.39, 0.29) is 11.3 Å². The summed E-state index contributed by atoms with van der Waals surface area (Å²) in [7, 11) is 3.04. The number of carbonyl (C=O) groups excluding carboxylic acids is 2. The van der Waals surface area contributed by atoms with Crippen molar-refractivity contribution < 1.29 is 28.6 Å². The van der Waals surface area contributed by atoms with Gasteiger partial charge >= 0.3 is 0 Å². The van der Waals surface area contributed by atoms with E-state index in [0.717, 1.165) is 6.42 Å². The van der Waals surface area contributed by atoms with Gasteiger partial charge in [0.25, 0.3) is 5.91 Å². The summed E-state index contributed by atoms with van der Waals surface area (Å²) < 4.78 is 16.2. The van der Waals surface area contributed by atoms with Crippen LogP contribution in [-0.2, 0) is 4.79 Å². The lowest BCUT2D eigenvalue weighted by Crippen LogP contribution is -2.26. The van der Waals surface area contributed by atoms with Crippen LogP contribution in [0.1, 0.15) is 35.5 Å². The zero-order valence-corrected chi connectivity index (χ0v) is 15.4. The molecule has 1 aromatic carbocycles. The Morgan fingerprint density at radius 3 is 2.70 bits per heavy atom. The molecule has 2 aromatic rings. The molecule has 27 heavy (non-hydrogen) atoms. The SMILES string of the molecule is CCCOc1ccc(C2C(C(=O)c3ccco3)=C(O)C(=O)N2C)cc1OC. The highest BCUT2D eigenvalue weighted by molar-refractivity contribution is 6.14. The number of ether oxygens (including phenoxy) is 2. The molecule has 1 amide bonds. The molecule has 1 N–H and O–H groups in total. The van der Waals surface area contributed by atoms with Crippen molar-refractivity contribution in [2.45, 2.75) is 19.4 Å². The topological polar surface area (TPSA) is 89.2 Å². The molecule has 1 atom stereocenters. The molecule has 7 nitrogen and oxygen atoms in total. The molecule has 1 unspecified atom stereocenters. The lowest BCUT2D eigenvalue weighted by atomic mass is 9.95. The van der Waals surface area contributed by atoms with E-state index in [1.54, 1.807) is 24.3 Å². The van der Waals surface area contributed by atoms with Crippen LogP contribution in [0.25, 0.3) is 0 Å². The van der Waals surface area contributed by atoms with Crippen LogP contribution >= 0.6 is 0 Å². The minimum absolute atomic E-state index is 0.0262. The van der Waals surface area contributed by atoms with E-state index in [1.807, 2.05) is 6.92 Å². The number of ketones is 1. The Morgan fingerprint density at radius 2 is 2.07 bits per heavy atom. The van der Waals surface area contributed by atoms with Crippen LogP contribution in [0.15, 0.2) is 52.3 Å². The first-order chi connectivity index (χ1) is 13.0. The monoisotopic (exact) mass is 371 g/mol. The molecule has 3 rings (SSSR count). The Labute approximate surface area is 156 Å². The van der Waals surface area contributed by atoms with Crippen LogP contribution in [-0.4, -0.2) is 42.5 Å². The number of likely N-dealkylation sites (N-methyl/N-ethyl adjacent to an activating group) is 1. The van der Waals surface area contributed by atoms with Gasteiger partial charge in [0.1, 0.15) is 0 Å². The zero-order valence-electron chi connectivity index (χ0n) is 15.4. The van der Waals surface area contributed by atoms with E-state index in [2.05, 4.69) is 0 Å². The number of furan rings is 1. The molecule has 0 saturated heterocycles. The first kappa shape index (κ1) is 18.6. The maximum atomic E-state index is 12.8. The first-order valence-electron chi connectivity index (χ1n) is 8.58. The van der Waals surface area contributed by atoms with Crippen molar-refractivity contribution in [3.8, 4) is 11.5 Å². The molecular weight excluding hydrogens is 350 g/mol. The molecule has 0 bridgehead atoms. The van der Waals surface area contributed by atoms with Crippen molar-refractivity contribution >= 4 is 11.7 Å². The predicted octanol–water partition coefficient (Wildman–Crippen LogP) is 3.29. The largest absolute Gasteiger partial charge is 0.503 e. The number of methoxy groups -OCH3 is 1. The lowest BCUT2D eigenvalue weighted by Gasteiger charge is -2.23. The van der Waals surface area contributed by atoms with Crippen molar-refractivity contribution in [1.29, 1.82) is 0 Å². The number of nitrogens with zero attached hydrogens (tertiary/aromatic N) is 1. The average molecular weight is 371 g/mol. The summed E-state index contributed by atoms with van der Waals surface area (Å²) in [6, 6.07) is 7.48. The molecule has 2 heterocycles. The van der Waals surface area contributed by atoms with Gasteiger partial charge < -0.3 is 23.9 Å². The van der Waals surface area contributed by atoms with Crippen molar-refractivity contribution in [3.63, 3.8) is 0 Å². The van der Waals surface area contributed by atoms with E-state index < -0.39 is 23.5 Å². The molecule has 0 spiro atoms. The minimum atomic E-state index is -0.760. The first-order valence-corrected chi connectivity index (χ1v) is 8.58. The highest BCUT2D eigenvalue weighted by Crippen LogP contribution is 2.40. The van der Waals surface area contributed by atoms with E-state index in [1.165, 1.54) is 31.4 Å². The van der Waals surface area contributed by atoms with Gasteiger partial charge in [-0.3, -0.25) is 9.59 Å². The van der Waals surface area contributed by atoms with E-state index in [4.69, 9.17) is 13.9 Å². The number of aliphatic hydroxyl groups excluding tert-OH is 1. The van der Waals surface area contributed by atoms with Gasteiger partial charge in [-0.25, -0.2) is 0 Å². The van der Waals surface area contributed by atoms with Crippen LogP contribution in [0.3, 0.4) is 0 Å². The fraction of sp³-hybridized carbons (Fsp3) is 0.300. The predicted molar refractivity (Wildman–Crippen MR) is 97.0 cm³/mol. The van der Waals surface area contributed by atoms with Crippen LogP contribution < -0.4 is 9.47 Å². The van der Waals surface area contributed by atoms with E-state index in [0.29, 0.717) is 23.7 Å². The van der Waals surface area contributed by atoms with Gasteiger partial charge in [0, 0.05) is 7.05 Å². The molecule has 1 aromatic heterocycles. The number of amides is 1. The van der Waals surface area contributed by atoms with Gasteiger partial charge in [0.15, 0.2) is 23.0 Å². The highest BCUT2D eigenvalue weighted by atomic mass is 16.5. The zero-order chi connectivity index (χ0) is 19.6.